The molecule has 0 fully saturated rings. The quantitative estimate of drug-likeness (QED) is 0.884. The lowest BCUT2D eigenvalue weighted by Crippen LogP contribution is -2.15. The van der Waals surface area contributed by atoms with E-state index < -0.39 is 0 Å². The van der Waals surface area contributed by atoms with Crippen LogP contribution in [-0.2, 0) is 6.42 Å². The molecule has 2 aromatic rings. The number of nitrogen functional groups attached to an aromatic ring is 1. The predicted molar refractivity (Wildman–Crippen MR) is 76.8 cm³/mol. The van der Waals surface area contributed by atoms with Crippen molar-refractivity contribution in [2.45, 2.75) is 6.42 Å². The first kappa shape index (κ1) is 12.5. The predicted octanol–water partition coefficient (Wildman–Crippen LogP) is 1.40. The number of anilines is 1. The Bertz CT molecular complexity index is 676. The molecule has 3 N–H and O–H groups in total. The summed E-state index contributed by atoms with van der Waals surface area (Å²) < 4.78 is 10.7. The van der Waals surface area contributed by atoms with Gasteiger partial charge in [-0.25, -0.2) is 0 Å². The van der Waals surface area contributed by atoms with Crippen LogP contribution < -0.4 is 15.2 Å². The van der Waals surface area contributed by atoms with Crippen molar-refractivity contribution in [2.24, 2.45) is 4.99 Å². The van der Waals surface area contributed by atoms with Crippen molar-refractivity contribution >= 4 is 11.5 Å². The molecule has 0 saturated heterocycles. The van der Waals surface area contributed by atoms with E-state index in [9.17, 15) is 0 Å². The molecular formula is C14H16N4O2. The summed E-state index contributed by atoms with van der Waals surface area (Å²) >= 11 is 0. The lowest BCUT2D eigenvalue weighted by Gasteiger charge is -2.19. The number of hydrogen-bond acceptors (Lipinski definition) is 5. The summed E-state index contributed by atoms with van der Waals surface area (Å²) in [5.74, 6) is 1.93. The van der Waals surface area contributed by atoms with E-state index >= 15 is 0 Å². The summed E-state index contributed by atoms with van der Waals surface area (Å²) in [6.07, 6.45) is 2.57. The summed E-state index contributed by atoms with van der Waals surface area (Å²) in [5.41, 5.74) is 9.75. The van der Waals surface area contributed by atoms with Crippen LogP contribution in [0.25, 0.3) is 0 Å². The highest BCUT2D eigenvalue weighted by Gasteiger charge is 2.21. The zero-order valence-electron chi connectivity index (χ0n) is 11.4. The van der Waals surface area contributed by atoms with Gasteiger partial charge in [-0.05, 0) is 24.1 Å². The van der Waals surface area contributed by atoms with Gasteiger partial charge in [-0.1, -0.05) is 0 Å². The number of aliphatic imine (C=N–C) groups is 1. The zero-order valence-corrected chi connectivity index (χ0v) is 11.4. The van der Waals surface area contributed by atoms with Gasteiger partial charge >= 0.3 is 0 Å². The molecule has 0 atom stereocenters. The van der Waals surface area contributed by atoms with Gasteiger partial charge in [0.15, 0.2) is 11.5 Å². The van der Waals surface area contributed by atoms with Crippen molar-refractivity contribution in [3.05, 3.63) is 35.0 Å². The molecule has 0 saturated carbocycles. The Hall–Kier alpha value is -2.50. The third-order valence-corrected chi connectivity index (χ3v) is 3.44. The van der Waals surface area contributed by atoms with E-state index in [1.165, 1.54) is 5.56 Å². The van der Waals surface area contributed by atoms with Gasteiger partial charge in [0.25, 0.3) is 0 Å². The molecule has 0 unspecified atom stereocenters. The Morgan fingerprint density at radius 3 is 2.55 bits per heavy atom. The second kappa shape index (κ2) is 4.88. The number of nitrogens with one attached hydrogen (secondary N) is 1. The molecule has 6 nitrogen and oxygen atoms in total. The maximum Gasteiger partial charge on any atom is 0.161 e. The highest BCUT2D eigenvalue weighted by Crippen LogP contribution is 2.34. The third-order valence-electron chi connectivity index (χ3n) is 3.44. The summed E-state index contributed by atoms with van der Waals surface area (Å²) in [6.45, 7) is 0.725. The Balaban J connectivity index is 2.15. The SMILES string of the molecule is COc1cc2c(cc1OC)C(c1cn[nH]c1N)=NCC2. The van der Waals surface area contributed by atoms with Crippen LogP contribution in [0.15, 0.2) is 23.3 Å². The van der Waals surface area contributed by atoms with Crippen LogP contribution in [0.1, 0.15) is 16.7 Å². The maximum atomic E-state index is 5.90. The fourth-order valence-electron chi connectivity index (χ4n) is 2.44. The van der Waals surface area contributed by atoms with Crippen LogP contribution in [0.5, 0.6) is 11.5 Å². The van der Waals surface area contributed by atoms with Crippen LogP contribution in [0, 0.1) is 0 Å². The molecule has 1 aromatic carbocycles. The van der Waals surface area contributed by atoms with E-state index in [0.717, 1.165) is 35.6 Å². The monoisotopic (exact) mass is 272 g/mol. The van der Waals surface area contributed by atoms with Crippen molar-refractivity contribution in [3.8, 4) is 11.5 Å². The van der Waals surface area contributed by atoms with Gasteiger partial charge in [0.1, 0.15) is 5.82 Å². The van der Waals surface area contributed by atoms with Gasteiger partial charge in [0, 0.05) is 12.1 Å². The zero-order chi connectivity index (χ0) is 14.1. The molecule has 1 aliphatic heterocycles. The van der Waals surface area contributed by atoms with Gasteiger partial charge in [-0.2, -0.15) is 5.10 Å². The van der Waals surface area contributed by atoms with E-state index in [4.69, 9.17) is 15.2 Å². The normalized spacial score (nSPS) is 13.6. The summed E-state index contributed by atoms with van der Waals surface area (Å²) in [7, 11) is 3.26. The number of benzene rings is 1. The van der Waals surface area contributed by atoms with Crippen molar-refractivity contribution in [1.29, 1.82) is 0 Å². The highest BCUT2D eigenvalue weighted by molar-refractivity contribution is 6.16. The average Bonchev–Trinajstić information content (AvgIpc) is 2.91. The van der Waals surface area contributed by atoms with Crippen LogP contribution in [-0.4, -0.2) is 36.7 Å². The Morgan fingerprint density at radius 2 is 1.90 bits per heavy atom. The number of aromatic amines is 1. The number of H-pyrrole nitrogens is 1. The molecule has 0 bridgehead atoms. The lowest BCUT2D eigenvalue weighted by atomic mass is 9.93. The molecule has 0 aliphatic carbocycles. The molecule has 20 heavy (non-hydrogen) atoms. The Morgan fingerprint density at radius 1 is 1.15 bits per heavy atom. The molecule has 0 spiro atoms. The topological polar surface area (TPSA) is 85.5 Å². The Kier molecular flexibility index (Phi) is 3.06. The number of hydrogen-bond donors (Lipinski definition) is 2. The molecule has 1 aromatic heterocycles. The number of nitrogens with two attached hydrogens (primary N) is 1. The average molecular weight is 272 g/mol. The minimum Gasteiger partial charge on any atom is -0.493 e. The third kappa shape index (κ3) is 1.89. The standard InChI is InChI=1S/C14H16N4O2/c1-19-11-5-8-3-4-16-13(9(8)6-12(11)20-2)10-7-17-18-14(10)15/h5-7H,3-4H2,1-2H3,(H3,15,17,18). The van der Waals surface area contributed by atoms with Gasteiger partial charge in [0.2, 0.25) is 0 Å². The van der Waals surface area contributed by atoms with Gasteiger partial charge in [-0.3, -0.25) is 10.1 Å². The van der Waals surface area contributed by atoms with E-state index in [1.807, 2.05) is 12.1 Å². The number of methoxy groups -OCH3 is 2. The first-order valence-corrected chi connectivity index (χ1v) is 6.33. The lowest BCUT2D eigenvalue weighted by molar-refractivity contribution is 0.354. The van der Waals surface area contributed by atoms with Gasteiger partial charge in [0.05, 0.1) is 31.7 Å². The van der Waals surface area contributed by atoms with E-state index in [2.05, 4.69) is 15.2 Å². The largest absolute Gasteiger partial charge is 0.493 e. The number of rotatable bonds is 3. The highest BCUT2D eigenvalue weighted by atomic mass is 16.5. The molecule has 2 heterocycles. The van der Waals surface area contributed by atoms with Crippen molar-refractivity contribution < 1.29 is 9.47 Å². The first-order valence-electron chi connectivity index (χ1n) is 6.33. The second-order valence-electron chi connectivity index (χ2n) is 4.54. The minimum atomic E-state index is 0.520. The van der Waals surface area contributed by atoms with Crippen LogP contribution in [0.4, 0.5) is 5.82 Å². The van der Waals surface area contributed by atoms with E-state index in [-0.39, 0.29) is 0 Å². The molecule has 1 aliphatic rings. The number of nitrogens with zero attached hydrogens (tertiary/aromatic N) is 2. The van der Waals surface area contributed by atoms with Crippen molar-refractivity contribution in [2.75, 3.05) is 26.5 Å². The Labute approximate surface area is 116 Å². The van der Waals surface area contributed by atoms with Crippen molar-refractivity contribution in [1.82, 2.24) is 10.2 Å². The molecule has 104 valence electrons. The van der Waals surface area contributed by atoms with Gasteiger partial charge < -0.3 is 15.2 Å². The first-order chi connectivity index (χ1) is 9.74. The molecular weight excluding hydrogens is 256 g/mol. The molecule has 3 rings (SSSR count). The fourth-order valence-corrected chi connectivity index (χ4v) is 2.44. The maximum absolute atomic E-state index is 5.90. The van der Waals surface area contributed by atoms with Crippen LogP contribution in [0.3, 0.4) is 0 Å². The molecule has 0 radical (unpaired) electrons. The number of aromatic nitrogens is 2. The van der Waals surface area contributed by atoms with Crippen molar-refractivity contribution in [3.63, 3.8) is 0 Å². The fraction of sp³-hybridized carbons (Fsp3) is 0.286. The van der Waals surface area contributed by atoms with E-state index in [0.29, 0.717) is 11.6 Å². The second-order valence-corrected chi connectivity index (χ2v) is 4.54. The summed E-state index contributed by atoms with van der Waals surface area (Å²) in [5, 5.41) is 6.70. The molecule has 0 amide bonds. The minimum absolute atomic E-state index is 0.520. The number of fused-ring (bicyclic) bond motifs is 1. The summed E-state index contributed by atoms with van der Waals surface area (Å²) in [6, 6.07) is 3.94. The van der Waals surface area contributed by atoms with Gasteiger partial charge in [-0.15, -0.1) is 0 Å². The van der Waals surface area contributed by atoms with Crippen LogP contribution in [0.2, 0.25) is 0 Å². The van der Waals surface area contributed by atoms with E-state index in [1.54, 1.807) is 20.4 Å². The summed E-state index contributed by atoms with van der Waals surface area (Å²) in [4.78, 5) is 4.59. The molecule has 6 heteroatoms. The number of ether oxygens (including phenoxy) is 2. The smallest absolute Gasteiger partial charge is 0.161 e. The van der Waals surface area contributed by atoms with Crippen LogP contribution >= 0.6 is 0 Å².